The van der Waals surface area contributed by atoms with Crippen molar-refractivity contribution in [2.75, 3.05) is 7.11 Å². The zero-order valence-corrected chi connectivity index (χ0v) is 12.0. The van der Waals surface area contributed by atoms with Gasteiger partial charge in [-0.2, -0.15) is 0 Å². The van der Waals surface area contributed by atoms with Crippen molar-refractivity contribution >= 4 is 11.9 Å². The van der Waals surface area contributed by atoms with Crippen LogP contribution in [0.15, 0.2) is 6.20 Å². The second-order valence-electron chi connectivity index (χ2n) is 5.96. The highest BCUT2D eigenvalue weighted by Gasteiger charge is 2.43. The summed E-state index contributed by atoms with van der Waals surface area (Å²) in [6, 6.07) is -0.628. The number of ether oxygens (including phenoxy) is 1. The molecule has 1 aromatic heterocycles. The van der Waals surface area contributed by atoms with E-state index in [1.54, 1.807) is 11.1 Å². The van der Waals surface area contributed by atoms with E-state index in [4.69, 9.17) is 4.74 Å². The lowest BCUT2D eigenvalue weighted by atomic mass is 9.94. The fourth-order valence-corrected chi connectivity index (χ4v) is 2.45. The van der Waals surface area contributed by atoms with Gasteiger partial charge in [-0.3, -0.25) is 4.79 Å². The summed E-state index contributed by atoms with van der Waals surface area (Å²) in [6.07, 6.45) is 1.79. The quantitative estimate of drug-likeness (QED) is 0.788. The summed E-state index contributed by atoms with van der Waals surface area (Å²) in [7, 11) is 1.35. The number of H-pyrrole nitrogens is 1. The van der Waals surface area contributed by atoms with Gasteiger partial charge in [0.05, 0.1) is 7.11 Å². The minimum absolute atomic E-state index is 0.0431. The Labute approximate surface area is 112 Å². The van der Waals surface area contributed by atoms with Crippen molar-refractivity contribution in [1.29, 1.82) is 0 Å². The van der Waals surface area contributed by atoms with Crippen LogP contribution in [0, 0.1) is 12.3 Å². The van der Waals surface area contributed by atoms with E-state index in [9.17, 15) is 9.59 Å². The Kier molecular flexibility index (Phi) is 3.16. The van der Waals surface area contributed by atoms with E-state index in [1.165, 1.54) is 7.11 Å². The Morgan fingerprint density at radius 3 is 2.58 bits per heavy atom. The zero-order valence-electron chi connectivity index (χ0n) is 12.0. The van der Waals surface area contributed by atoms with Gasteiger partial charge in [0.15, 0.2) is 6.04 Å². The summed E-state index contributed by atoms with van der Waals surface area (Å²) in [4.78, 5) is 29.2. The van der Waals surface area contributed by atoms with E-state index in [2.05, 4.69) is 4.98 Å². The van der Waals surface area contributed by atoms with Crippen LogP contribution in [0.5, 0.6) is 0 Å². The molecule has 2 heterocycles. The molecule has 104 valence electrons. The van der Waals surface area contributed by atoms with E-state index in [0.717, 1.165) is 16.8 Å². The monoisotopic (exact) mass is 264 g/mol. The normalized spacial score (nSPS) is 18.4. The highest BCUT2D eigenvalue weighted by atomic mass is 16.5. The molecule has 1 aromatic rings. The van der Waals surface area contributed by atoms with Gasteiger partial charge in [-0.05, 0) is 12.5 Å². The first-order chi connectivity index (χ1) is 8.77. The minimum atomic E-state index is -0.628. The largest absolute Gasteiger partial charge is 0.467 e. The molecule has 0 saturated heterocycles. The third-order valence-electron chi connectivity index (χ3n) is 3.51. The molecule has 5 heteroatoms. The van der Waals surface area contributed by atoms with Crippen molar-refractivity contribution in [3.8, 4) is 0 Å². The molecule has 0 aromatic carbocycles. The second-order valence-corrected chi connectivity index (χ2v) is 5.96. The fraction of sp³-hybridized carbons (Fsp3) is 0.571. The van der Waals surface area contributed by atoms with Gasteiger partial charge in [-0.25, -0.2) is 4.79 Å². The lowest BCUT2D eigenvalue weighted by Crippen LogP contribution is -2.41. The van der Waals surface area contributed by atoms with Crippen LogP contribution in [-0.4, -0.2) is 28.9 Å². The van der Waals surface area contributed by atoms with Gasteiger partial charge in [0.2, 0.25) is 5.91 Å². The van der Waals surface area contributed by atoms with Crippen molar-refractivity contribution in [2.24, 2.45) is 5.41 Å². The van der Waals surface area contributed by atoms with Crippen LogP contribution in [-0.2, 0) is 20.9 Å². The summed E-state index contributed by atoms with van der Waals surface area (Å²) in [5.74, 6) is -0.436. The first-order valence-electron chi connectivity index (χ1n) is 6.33. The Hall–Kier alpha value is -1.78. The lowest BCUT2D eigenvalue weighted by Gasteiger charge is -2.29. The van der Waals surface area contributed by atoms with Crippen molar-refractivity contribution < 1.29 is 14.3 Å². The first kappa shape index (κ1) is 13.6. The number of nitrogens with one attached hydrogen (secondary N) is 1. The Bertz CT molecular complexity index is 525. The molecule has 19 heavy (non-hydrogen) atoms. The highest BCUT2D eigenvalue weighted by molar-refractivity contribution is 5.89. The van der Waals surface area contributed by atoms with Crippen LogP contribution in [0.25, 0.3) is 0 Å². The molecule has 0 unspecified atom stereocenters. The van der Waals surface area contributed by atoms with Gasteiger partial charge in [0.1, 0.15) is 0 Å². The van der Waals surface area contributed by atoms with Crippen LogP contribution in [0.1, 0.15) is 43.6 Å². The molecule has 0 bridgehead atoms. The standard InChI is InChI=1S/C14H20N2O3/c1-8-10-7-16(13(18)14(2,3)4)11(12(17)19-5)9(10)6-15-8/h6,11,15H,7H2,1-5H3/t11-/m0/s1. The van der Waals surface area contributed by atoms with Gasteiger partial charge in [0, 0.05) is 29.4 Å². The average Bonchev–Trinajstić information content (AvgIpc) is 2.86. The van der Waals surface area contributed by atoms with Crippen molar-refractivity contribution in [1.82, 2.24) is 9.88 Å². The van der Waals surface area contributed by atoms with Crippen LogP contribution in [0.3, 0.4) is 0 Å². The molecule has 1 amide bonds. The molecule has 0 fully saturated rings. The van der Waals surface area contributed by atoms with Gasteiger partial charge < -0.3 is 14.6 Å². The number of carbonyl (C=O) groups excluding carboxylic acids is 2. The number of rotatable bonds is 1. The molecule has 1 aliphatic heterocycles. The van der Waals surface area contributed by atoms with E-state index in [1.807, 2.05) is 27.7 Å². The number of amides is 1. The van der Waals surface area contributed by atoms with E-state index in [-0.39, 0.29) is 5.91 Å². The Balaban J connectivity index is 2.42. The third kappa shape index (κ3) is 2.13. The number of fused-ring (bicyclic) bond motifs is 1. The zero-order chi connectivity index (χ0) is 14.4. The van der Waals surface area contributed by atoms with Crippen molar-refractivity contribution in [3.63, 3.8) is 0 Å². The summed E-state index contributed by atoms with van der Waals surface area (Å²) in [5.41, 5.74) is 2.34. The molecule has 1 atom stereocenters. The van der Waals surface area contributed by atoms with Crippen LogP contribution in [0.4, 0.5) is 0 Å². The summed E-state index contributed by atoms with van der Waals surface area (Å²) in [5, 5.41) is 0. The predicted molar refractivity (Wildman–Crippen MR) is 70.3 cm³/mol. The van der Waals surface area contributed by atoms with E-state index in [0.29, 0.717) is 6.54 Å². The van der Waals surface area contributed by atoms with Crippen LogP contribution in [0.2, 0.25) is 0 Å². The average molecular weight is 264 g/mol. The second kappa shape index (κ2) is 4.40. The van der Waals surface area contributed by atoms with Crippen molar-refractivity contribution in [2.45, 2.75) is 40.3 Å². The number of hydrogen-bond donors (Lipinski definition) is 1. The van der Waals surface area contributed by atoms with Gasteiger partial charge in [0.25, 0.3) is 0 Å². The van der Waals surface area contributed by atoms with Gasteiger partial charge in [-0.1, -0.05) is 20.8 Å². The van der Waals surface area contributed by atoms with E-state index < -0.39 is 17.4 Å². The molecule has 5 nitrogen and oxygen atoms in total. The number of methoxy groups -OCH3 is 1. The molecule has 1 aliphatic rings. The first-order valence-corrected chi connectivity index (χ1v) is 6.33. The van der Waals surface area contributed by atoms with Crippen LogP contribution < -0.4 is 0 Å². The van der Waals surface area contributed by atoms with Gasteiger partial charge in [-0.15, -0.1) is 0 Å². The fourth-order valence-electron chi connectivity index (χ4n) is 2.45. The Morgan fingerprint density at radius 1 is 1.42 bits per heavy atom. The minimum Gasteiger partial charge on any atom is -0.467 e. The third-order valence-corrected chi connectivity index (χ3v) is 3.51. The highest BCUT2D eigenvalue weighted by Crippen LogP contribution is 2.38. The summed E-state index contributed by atoms with van der Waals surface area (Å²) in [6.45, 7) is 7.96. The molecular formula is C14H20N2O3. The Morgan fingerprint density at radius 2 is 2.05 bits per heavy atom. The maximum absolute atomic E-state index is 12.5. The smallest absolute Gasteiger partial charge is 0.333 e. The van der Waals surface area contributed by atoms with E-state index >= 15 is 0 Å². The summed E-state index contributed by atoms with van der Waals surface area (Å²) >= 11 is 0. The number of esters is 1. The van der Waals surface area contributed by atoms with Gasteiger partial charge >= 0.3 is 5.97 Å². The van der Waals surface area contributed by atoms with Crippen LogP contribution >= 0.6 is 0 Å². The number of carbonyl (C=O) groups is 2. The molecule has 0 aliphatic carbocycles. The maximum Gasteiger partial charge on any atom is 0.333 e. The number of aryl methyl sites for hydroxylation is 1. The number of aromatic nitrogens is 1. The number of hydrogen-bond acceptors (Lipinski definition) is 3. The molecular weight excluding hydrogens is 244 g/mol. The molecule has 2 rings (SSSR count). The summed E-state index contributed by atoms with van der Waals surface area (Å²) < 4.78 is 4.85. The SMILES string of the molecule is COC(=O)[C@@H]1c2c[nH]c(C)c2CN1C(=O)C(C)(C)C. The number of nitrogens with zero attached hydrogens (tertiary/aromatic N) is 1. The molecule has 1 N–H and O–H groups in total. The maximum atomic E-state index is 12.5. The predicted octanol–water partition coefficient (Wildman–Crippen LogP) is 1.93. The van der Waals surface area contributed by atoms with Crippen molar-refractivity contribution in [3.05, 3.63) is 23.0 Å². The molecule has 0 spiro atoms. The molecule has 0 saturated carbocycles. The molecule has 0 radical (unpaired) electrons. The number of aromatic amines is 1. The lowest BCUT2D eigenvalue weighted by molar-refractivity contribution is -0.156. The topological polar surface area (TPSA) is 62.4 Å².